The molecule has 0 saturated carbocycles. The molecule has 1 atom stereocenters. The van der Waals surface area contributed by atoms with E-state index in [2.05, 4.69) is 22.5 Å². The van der Waals surface area contributed by atoms with Gasteiger partial charge in [-0.1, -0.05) is 41.9 Å². The molecule has 1 heterocycles. The number of benzene rings is 2. The maximum atomic E-state index is 12.8. The molecule has 1 aliphatic heterocycles. The van der Waals surface area contributed by atoms with E-state index in [1.807, 2.05) is 6.07 Å². The number of halogens is 1. The Hall–Kier alpha value is -3.32. The van der Waals surface area contributed by atoms with Gasteiger partial charge in [-0.2, -0.15) is 0 Å². The lowest BCUT2D eigenvalue weighted by molar-refractivity contribution is -0.124. The monoisotopic (exact) mass is 454 g/mol. The number of carbonyl (C=O) groups is 3. The Labute approximate surface area is 192 Å². The number of hydrogen-bond acceptors (Lipinski definition) is 3. The summed E-state index contributed by atoms with van der Waals surface area (Å²) in [6.07, 6.45) is 2.77. The normalized spacial score (nSPS) is 14.8. The van der Waals surface area contributed by atoms with Crippen LogP contribution in [0.15, 0.2) is 67.3 Å². The molecule has 8 heteroatoms. The van der Waals surface area contributed by atoms with Crippen molar-refractivity contribution in [1.29, 1.82) is 0 Å². The van der Waals surface area contributed by atoms with Gasteiger partial charge in [-0.05, 0) is 49.1 Å². The van der Waals surface area contributed by atoms with Gasteiger partial charge >= 0.3 is 6.03 Å². The number of rotatable bonds is 7. The molecule has 0 radical (unpaired) electrons. The van der Waals surface area contributed by atoms with Crippen LogP contribution in [-0.4, -0.2) is 48.4 Å². The van der Waals surface area contributed by atoms with Crippen LogP contribution in [0.4, 0.5) is 10.5 Å². The summed E-state index contributed by atoms with van der Waals surface area (Å²) in [7, 11) is 0. The molecule has 1 aliphatic rings. The van der Waals surface area contributed by atoms with Gasteiger partial charge in [0.1, 0.15) is 6.04 Å². The standard InChI is InChI=1S/C24H27ClN4O3/c1-2-13-26-23(31)21(28-22(30)18-7-4-3-5-8-18)17-11-14-29(15-12-17)24(32)27-20-10-6-9-19(25)16-20/h2-10,16-17,21H,1,11-15H2,(H,26,31)(H,27,32)(H,28,30)/t21-/m1/s1. The van der Waals surface area contributed by atoms with Crippen molar-refractivity contribution >= 4 is 35.1 Å². The smallest absolute Gasteiger partial charge is 0.321 e. The van der Waals surface area contributed by atoms with Gasteiger partial charge in [-0.15, -0.1) is 6.58 Å². The van der Waals surface area contributed by atoms with Gasteiger partial charge < -0.3 is 20.9 Å². The maximum absolute atomic E-state index is 12.8. The van der Waals surface area contributed by atoms with Crippen LogP contribution in [0.25, 0.3) is 0 Å². The Balaban J connectivity index is 1.62. The highest BCUT2D eigenvalue weighted by Gasteiger charge is 2.33. The quantitative estimate of drug-likeness (QED) is 0.557. The van der Waals surface area contributed by atoms with Gasteiger partial charge in [0.2, 0.25) is 5.91 Å². The molecule has 0 aliphatic carbocycles. The highest BCUT2D eigenvalue weighted by molar-refractivity contribution is 6.30. The van der Waals surface area contributed by atoms with Gasteiger partial charge in [0, 0.05) is 35.9 Å². The van der Waals surface area contributed by atoms with E-state index in [1.54, 1.807) is 59.5 Å². The van der Waals surface area contributed by atoms with Crippen LogP contribution in [0.5, 0.6) is 0 Å². The highest BCUT2D eigenvalue weighted by atomic mass is 35.5. The van der Waals surface area contributed by atoms with Gasteiger partial charge in [-0.3, -0.25) is 9.59 Å². The van der Waals surface area contributed by atoms with E-state index in [4.69, 9.17) is 11.6 Å². The Morgan fingerprint density at radius 2 is 1.81 bits per heavy atom. The molecule has 2 aromatic carbocycles. The number of hydrogen-bond donors (Lipinski definition) is 3. The van der Waals surface area contributed by atoms with Crippen LogP contribution in [0, 0.1) is 5.92 Å². The number of anilines is 1. The van der Waals surface area contributed by atoms with Crippen LogP contribution in [0.1, 0.15) is 23.2 Å². The van der Waals surface area contributed by atoms with E-state index < -0.39 is 6.04 Å². The molecule has 4 amide bonds. The van der Waals surface area contributed by atoms with Crippen LogP contribution in [0.2, 0.25) is 5.02 Å². The predicted molar refractivity (Wildman–Crippen MR) is 126 cm³/mol. The van der Waals surface area contributed by atoms with E-state index in [0.29, 0.717) is 48.7 Å². The first kappa shape index (κ1) is 23.3. The SMILES string of the molecule is C=CCNC(=O)[C@H](NC(=O)c1ccccc1)C1CCN(C(=O)Nc2cccc(Cl)c2)CC1. The van der Waals surface area contributed by atoms with Gasteiger partial charge in [0.05, 0.1) is 0 Å². The number of likely N-dealkylation sites (tertiary alicyclic amines) is 1. The van der Waals surface area contributed by atoms with Crippen molar-refractivity contribution in [1.82, 2.24) is 15.5 Å². The molecule has 1 saturated heterocycles. The zero-order valence-corrected chi connectivity index (χ0v) is 18.5. The summed E-state index contributed by atoms with van der Waals surface area (Å²) in [6.45, 7) is 4.89. The van der Waals surface area contributed by atoms with Crippen molar-refractivity contribution in [3.8, 4) is 0 Å². The molecule has 2 aromatic rings. The molecular weight excluding hydrogens is 428 g/mol. The van der Waals surface area contributed by atoms with Crippen molar-refractivity contribution in [2.75, 3.05) is 25.0 Å². The number of nitrogens with zero attached hydrogens (tertiary/aromatic N) is 1. The molecule has 168 valence electrons. The Morgan fingerprint density at radius 3 is 2.47 bits per heavy atom. The van der Waals surface area contributed by atoms with Crippen molar-refractivity contribution in [2.24, 2.45) is 5.92 Å². The fourth-order valence-corrected chi connectivity index (χ4v) is 3.89. The molecule has 3 N–H and O–H groups in total. The Morgan fingerprint density at radius 1 is 1.09 bits per heavy atom. The van der Waals surface area contributed by atoms with Gasteiger partial charge in [0.25, 0.3) is 5.91 Å². The van der Waals surface area contributed by atoms with E-state index in [0.717, 1.165) is 0 Å². The van der Waals surface area contributed by atoms with Crippen molar-refractivity contribution < 1.29 is 14.4 Å². The molecule has 0 spiro atoms. The molecule has 0 bridgehead atoms. The van der Waals surface area contributed by atoms with Gasteiger partial charge in [-0.25, -0.2) is 4.79 Å². The highest BCUT2D eigenvalue weighted by Crippen LogP contribution is 2.23. The number of carbonyl (C=O) groups excluding carboxylic acids is 3. The lowest BCUT2D eigenvalue weighted by Gasteiger charge is -2.35. The van der Waals surface area contributed by atoms with E-state index in [9.17, 15) is 14.4 Å². The molecular formula is C24H27ClN4O3. The second-order valence-corrected chi connectivity index (χ2v) is 8.05. The third-order valence-electron chi connectivity index (χ3n) is 5.40. The molecule has 1 fully saturated rings. The van der Waals surface area contributed by atoms with Crippen LogP contribution >= 0.6 is 11.6 Å². The Bertz CT molecular complexity index is 959. The summed E-state index contributed by atoms with van der Waals surface area (Å²) in [4.78, 5) is 39.8. The Kier molecular flexibility index (Phi) is 8.27. The lowest BCUT2D eigenvalue weighted by Crippen LogP contribution is -2.54. The first-order chi connectivity index (χ1) is 15.5. The average molecular weight is 455 g/mol. The molecule has 0 unspecified atom stereocenters. The first-order valence-electron chi connectivity index (χ1n) is 10.5. The molecule has 7 nitrogen and oxygen atoms in total. The van der Waals surface area contributed by atoms with Crippen LogP contribution < -0.4 is 16.0 Å². The summed E-state index contributed by atoms with van der Waals surface area (Å²) in [5, 5.41) is 9.05. The van der Waals surface area contributed by atoms with Crippen LogP contribution in [-0.2, 0) is 4.79 Å². The third kappa shape index (κ3) is 6.34. The van der Waals surface area contributed by atoms with Crippen molar-refractivity contribution in [3.05, 3.63) is 77.8 Å². The number of amides is 4. The topological polar surface area (TPSA) is 90.5 Å². The minimum absolute atomic E-state index is 0.0947. The predicted octanol–water partition coefficient (Wildman–Crippen LogP) is 3.68. The average Bonchev–Trinajstić information content (AvgIpc) is 2.81. The lowest BCUT2D eigenvalue weighted by atomic mass is 9.88. The summed E-state index contributed by atoms with van der Waals surface area (Å²) < 4.78 is 0. The summed E-state index contributed by atoms with van der Waals surface area (Å²) in [6, 6.07) is 14.9. The summed E-state index contributed by atoms with van der Waals surface area (Å²) >= 11 is 5.98. The summed E-state index contributed by atoms with van der Waals surface area (Å²) in [5.74, 6) is -0.649. The number of piperidine rings is 1. The third-order valence-corrected chi connectivity index (χ3v) is 5.63. The van der Waals surface area contributed by atoms with E-state index in [-0.39, 0.29) is 23.8 Å². The first-order valence-corrected chi connectivity index (χ1v) is 10.9. The van der Waals surface area contributed by atoms with Crippen LogP contribution in [0.3, 0.4) is 0 Å². The molecule has 0 aromatic heterocycles. The largest absolute Gasteiger partial charge is 0.351 e. The minimum atomic E-state index is -0.694. The fourth-order valence-electron chi connectivity index (χ4n) is 3.70. The number of nitrogens with one attached hydrogen (secondary N) is 3. The molecule has 3 rings (SSSR count). The zero-order chi connectivity index (χ0) is 22.9. The molecule has 32 heavy (non-hydrogen) atoms. The maximum Gasteiger partial charge on any atom is 0.321 e. The van der Waals surface area contributed by atoms with Crippen molar-refractivity contribution in [2.45, 2.75) is 18.9 Å². The van der Waals surface area contributed by atoms with Crippen molar-refractivity contribution in [3.63, 3.8) is 0 Å². The zero-order valence-electron chi connectivity index (χ0n) is 17.7. The minimum Gasteiger partial charge on any atom is -0.351 e. The van der Waals surface area contributed by atoms with E-state index >= 15 is 0 Å². The number of urea groups is 1. The second kappa shape index (κ2) is 11.3. The van der Waals surface area contributed by atoms with Gasteiger partial charge in [0.15, 0.2) is 0 Å². The summed E-state index contributed by atoms with van der Waals surface area (Å²) in [5.41, 5.74) is 1.12. The fraction of sp³-hybridized carbons (Fsp3) is 0.292. The second-order valence-electron chi connectivity index (χ2n) is 7.62. The van der Waals surface area contributed by atoms with E-state index in [1.165, 1.54) is 0 Å².